The topological polar surface area (TPSA) is 57.5 Å². The summed E-state index contributed by atoms with van der Waals surface area (Å²) < 4.78 is 0. The molecular weight excluding hydrogens is 168 g/mol. The van der Waals surface area contributed by atoms with Gasteiger partial charge in [-0.1, -0.05) is 6.42 Å². The first-order valence-electron chi connectivity index (χ1n) is 4.86. The zero-order chi connectivity index (χ0) is 10.1. The van der Waals surface area contributed by atoms with Gasteiger partial charge in [-0.3, -0.25) is 4.79 Å². The maximum absolute atomic E-state index is 10.7. The van der Waals surface area contributed by atoms with Gasteiger partial charge in [-0.2, -0.15) is 0 Å². The summed E-state index contributed by atoms with van der Waals surface area (Å²) >= 11 is 0. The predicted octanol–water partition coefficient (Wildman–Crippen LogP) is 1.65. The third-order valence-corrected chi connectivity index (χ3v) is 3.02. The van der Waals surface area contributed by atoms with Crippen molar-refractivity contribution in [1.29, 1.82) is 0 Å². The lowest BCUT2D eigenvalue weighted by Crippen LogP contribution is -2.36. The van der Waals surface area contributed by atoms with Gasteiger partial charge in [0, 0.05) is 0 Å². The number of carbonyl (C=O) groups is 1. The number of hydrogen-bond donors (Lipinski definition) is 2. The molecule has 0 aromatic rings. The quantitative estimate of drug-likeness (QED) is 0.689. The van der Waals surface area contributed by atoms with Crippen LogP contribution in [-0.4, -0.2) is 21.8 Å². The van der Waals surface area contributed by atoms with Crippen molar-refractivity contribution >= 4 is 5.97 Å². The Bertz CT molecular complexity index is 193. The predicted molar refractivity (Wildman–Crippen MR) is 49.4 cm³/mol. The molecule has 3 nitrogen and oxygen atoms in total. The number of hydrogen-bond acceptors (Lipinski definition) is 2. The third kappa shape index (κ3) is 2.69. The highest BCUT2D eigenvalue weighted by Crippen LogP contribution is 2.35. The Labute approximate surface area is 78.8 Å². The van der Waals surface area contributed by atoms with Crippen molar-refractivity contribution in [2.24, 2.45) is 11.8 Å². The normalized spacial score (nSPS) is 30.1. The summed E-state index contributed by atoms with van der Waals surface area (Å²) in [5.74, 6) is -0.818. The fraction of sp³-hybridized carbons (Fsp3) is 0.900. The Hall–Kier alpha value is -0.570. The molecule has 0 spiro atoms. The van der Waals surface area contributed by atoms with Crippen molar-refractivity contribution in [3.8, 4) is 0 Å². The van der Waals surface area contributed by atoms with Crippen LogP contribution in [0.3, 0.4) is 0 Å². The Morgan fingerprint density at radius 3 is 2.46 bits per heavy atom. The summed E-state index contributed by atoms with van der Waals surface area (Å²) in [7, 11) is 0. The van der Waals surface area contributed by atoms with Gasteiger partial charge in [0.15, 0.2) is 0 Å². The second-order valence-corrected chi connectivity index (χ2v) is 4.55. The van der Waals surface area contributed by atoms with E-state index in [1.54, 1.807) is 13.8 Å². The van der Waals surface area contributed by atoms with Gasteiger partial charge in [0.05, 0.1) is 11.5 Å². The molecule has 3 heteroatoms. The number of rotatable bonds is 2. The van der Waals surface area contributed by atoms with E-state index >= 15 is 0 Å². The summed E-state index contributed by atoms with van der Waals surface area (Å²) in [6.45, 7) is 3.53. The van der Waals surface area contributed by atoms with Crippen molar-refractivity contribution in [1.82, 2.24) is 0 Å². The van der Waals surface area contributed by atoms with Crippen LogP contribution in [0.25, 0.3) is 0 Å². The lowest BCUT2D eigenvalue weighted by atomic mass is 9.74. The fourth-order valence-electron chi connectivity index (χ4n) is 2.06. The van der Waals surface area contributed by atoms with Crippen LogP contribution in [0.5, 0.6) is 0 Å². The van der Waals surface area contributed by atoms with Crippen LogP contribution in [0, 0.1) is 11.8 Å². The van der Waals surface area contributed by atoms with Crippen molar-refractivity contribution in [3.63, 3.8) is 0 Å². The van der Waals surface area contributed by atoms with E-state index in [0.29, 0.717) is 6.42 Å². The van der Waals surface area contributed by atoms with Gasteiger partial charge >= 0.3 is 5.97 Å². The van der Waals surface area contributed by atoms with Crippen LogP contribution in [0.15, 0.2) is 0 Å². The number of carboxylic acid groups (broad SMARTS) is 1. The van der Waals surface area contributed by atoms with E-state index in [2.05, 4.69) is 0 Å². The summed E-state index contributed by atoms with van der Waals surface area (Å²) in [6.07, 6.45) is 3.26. The summed E-state index contributed by atoms with van der Waals surface area (Å²) in [5, 5.41) is 18.6. The van der Waals surface area contributed by atoms with Crippen LogP contribution in [0.2, 0.25) is 0 Å². The molecule has 1 fully saturated rings. The van der Waals surface area contributed by atoms with Crippen molar-refractivity contribution in [2.75, 3.05) is 0 Å². The molecule has 0 aromatic heterocycles. The van der Waals surface area contributed by atoms with Gasteiger partial charge in [0.2, 0.25) is 0 Å². The molecule has 76 valence electrons. The van der Waals surface area contributed by atoms with Gasteiger partial charge in [-0.05, 0) is 39.0 Å². The van der Waals surface area contributed by atoms with Crippen molar-refractivity contribution in [2.45, 2.75) is 45.1 Å². The van der Waals surface area contributed by atoms with Crippen LogP contribution in [-0.2, 0) is 4.79 Å². The number of aliphatic carboxylic acids is 1. The largest absolute Gasteiger partial charge is 0.481 e. The maximum atomic E-state index is 10.7. The van der Waals surface area contributed by atoms with Gasteiger partial charge in [0.25, 0.3) is 0 Å². The summed E-state index contributed by atoms with van der Waals surface area (Å²) in [5.41, 5.74) is -0.728. The first kappa shape index (κ1) is 10.5. The lowest BCUT2D eigenvalue weighted by molar-refractivity contribution is -0.144. The molecule has 1 rings (SSSR count). The minimum Gasteiger partial charge on any atom is -0.481 e. The Balaban J connectivity index is 2.57. The molecule has 2 atom stereocenters. The van der Waals surface area contributed by atoms with E-state index in [1.807, 2.05) is 0 Å². The molecule has 1 saturated carbocycles. The molecule has 0 radical (unpaired) electrons. The Morgan fingerprint density at radius 1 is 1.38 bits per heavy atom. The van der Waals surface area contributed by atoms with Gasteiger partial charge < -0.3 is 10.2 Å². The molecule has 0 bridgehead atoms. The van der Waals surface area contributed by atoms with E-state index in [1.165, 1.54) is 0 Å². The minimum atomic E-state index is -0.728. The molecule has 0 saturated heterocycles. The summed E-state index contributed by atoms with van der Waals surface area (Å²) in [4.78, 5) is 10.7. The number of carboxylic acids is 1. The van der Waals surface area contributed by atoms with Crippen molar-refractivity contribution < 1.29 is 15.0 Å². The van der Waals surface area contributed by atoms with Crippen molar-refractivity contribution in [3.05, 3.63) is 0 Å². The number of aliphatic hydroxyl groups is 1. The van der Waals surface area contributed by atoms with Crippen LogP contribution < -0.4 is 0 Å². The zero-order valence-corrected chi connectivity index (χ0v) is 8.29. The highest BCUT2D eigenvalue weighted by molar-refractivity contribution is 5.70. The molecule has 0 heterocycles. The average molecular weight is 186 g/mol. The minimum absolute atomic E-state index is 0.141. The maximum Gasteiger partial charge on any atom is 0.306 e. The highest BCUT2D eigenvalue weighted by atomic mass is 16.4. The third-order valence-electron chi connectivity index (χ3n) is 3.02. The van der Waals surface area contributed by atoms with E-state index in [0.717, 1.165) is 19.3 Å². The molecular formula is C10H18O3. The van der Waals surface area contributed by atoms with E-state index in [-0.39, 0.29) is 11.8 Å². The SMILES string of the molecule is CC(C)(O)C1CCCC(C(=O)O)C1. The second kappa shape index (κ2) is 3.66. The molecule has 0 amide bonds. The van der Waals surface area contributed by atoms with Gasteiger partial charge in [-0.25, -0.2) is 0 Å². The van der Waals surface area contributed by atoms with Gasteiger partial charge in [0.1, 0.15) is 0 Å². The average Bonchev–Trinajstić information content (AvgIpc) is 2.03. The van der Waals surface area contributed by atoms with Crippen LogP contribution >= 0.6 is 0 Å². The molecule has 0 aromatic carbocycles. The van der Waals surface area contributed by atoms with E-state index in [9.17, 15) is 9.90 Å². The lowest BCUT2D eigenvalue weighted by Gasteiger charge is -2.35. The second-order valence-electron chi connectivity index (χ2n) is 4.55. The molecule has 0 aliphatic heterocycles. The van der Waals surface area contributed by atoms with Gasteiger partial charge in [-0.15, -0.1) is 0 Å². The molecule has 1 aliphatic rings. The zero-order valence-electron chi connectivity index (χ0n) is 8.29. The van der Waals surface area contributed by atoms with E-state index in [4.69, 9.17) is 5.11 Å². The van der Waals surface area contributed by atoms with E-state index < -0.39 is 11.6 Å². The monoisotopic (exact) mass is 186 g/mol. The molecule has 2 N–H and O–H groups in total. The Morgan fingerprint density at radius 2 is 2.00 bits per heavy atom. The Kier molecular flexibility index (Phi) is 2.96. The standard InChI is InChI=1S/C10H18O3/c1-10(2,13)8-5-3-4-7(6-8)9(11)12/h7-8,13H,3-6H2,1-2H3,(H,11,12). The molecule has 13 heavy (non-hydrogen) atoms. The fourth-order valence-corrected chi connectivity index (χ4v) is 2.06. The van der Waals surface area contributed by atoms with Crippen LogP contribution in [0.1, 0.15) is 39.5 Å². The molecule has 2 unspecified atom stereocenters. The first-order chi connectivity index (χ1) is 5.91. The summed E-state index contributed by atoms with van der Waals surface area (Å²) in [6, 6.07) is 0. The van der Waals surface area contributed by atoms with Crippen LogP contribution in [0.4, 0.5) is 0 Å². The highest BCUT2D eigenvalue weighted by Gasteiger charge is 2.34. The smallest absolute Gasteiger partial charge is 0.306 e. The first-order valence-corrected chi connectivity index (χ1v) is 4.86. The molecule has 1 aliphatic carbocycles.